The van der Waals surface area contributed by atoms with Crippen LogP contribution in [0, 0.1) is 0 Å². The van der Waals surface area contributed by atoms with Crippen LogP contribution < -0.4 is 5.32 Å². The van der Waals surface area contributed by atoms with E-state index >= 15 is 0 Å². The van der Waals surface area contributed by atoms with Crippen molar-refractivity contribution in [2.24, 2.45) is 0 Å². The summed E-state index contributed by atoms with van der Waals surface area (Å²) in [6, 6.07) is 1.40. The van der Waals surface area contributed by atoms with Gasteiger partial charge in [0.25, 0.3) is 0 Å². The second-order valence-corrected chi connectivity index (χ2v) is 4.70. The van der Waals surface area contributed by atoms with Gasteiger partial charge in [-0.1, -0.05) is 0 Å². The van der Waals surface area contributed by atoms with Crippen LogP contribution in [0.3, 0.4) is 0 Å². The summed E-state index contributed by atoms with van der Waals surface area (Å²) in [5, 5.41) is 3.57. The van der Waals surface area contributed by atoms with Crippen molar-refractivity contribution < 1.29 is 4.74 Å². The van der Waals surface area contributed by atoms with Gasteiger partial charge in [0.2, 0.25) is 0 Å². The molecule has 0 spiro atoms. The smallest absolute Gasteiger partial charge is 0.0587 e. The number of hydrogen-bond acceptors (Lipinski definition) is 3. The Hall–Kier alpha value is -0.120. The summed E-state index contributed by atoms with van der Waals surface area (Å²) in [5.74, 6) is 0. The molecule has 0 aromatic heterocycles. The molecule has 1 heterocycles. The van der Waals surface area contributed by atoms with Crippen LogP contribution >= 0.6 is 0 Å². The van der Waals surface area contributed by atoms with Crippen molar-refractivity contribution in [2.45, 2.75) is 45.2 Å². The van der Waals surface area contributed by atoms with Crippen LogP contribution in [0.2, 0.25) is 0 Å². The molecular formula is C12H26N2O. The lowest BCUT2D eigenvalue weighted by atomic mass is 10.1. The first-order valence-electron chi connectivity index (χ1n) is 6.20. The Morgan fingerprint density at radius 1 is 1.33 bits per heavy atom. The number of hydrogen-bond donors (Lipinski definition) is 1. The quantitative estimate of drug-likeness (QED) is 0.702. The monoisotopic (exact) mass is 214 g/mol. The first-order valence-corrected chi connectivity index (χ1v) is 6.20. The molecule has 0 aliphatic carbocycles. The molecule has 1 fully saturated rings. The van der Waals surface area contributed by atoms with Crippen molar-refractivity contribution in [2.75, 3.05) is 33.4 Å². The van der Waals surface area contributed by atoms with Crippen LogP contribution in [0.4, 0.5) is 0 Å². The number of rotatable bonds is 5. The first-order chi connectivity index (χ1) is 7.24. The number of likely N-dealkylation sites (tertiary alicyclic amines) is 1. The second-order valence-electron chi connectivity index (χ2n) is 4.70. The Balaban J connectivity index is 2.20. The van der Waals surface area contributed by atoms with E-state index < -0.39 is 0 Å². The topological polar surface area (TPSA) is 24.5 Å². The minimum atomic E-state index is 0.697. The molecule has 3 nitrogen and oxygen atoms in total. The molecule has 0 aromatic rings. The molecular weight excluding hydrogens is 188 g/mol. The van der Waals surface area contributed by atoms with E-state index in [4.69, 9.17) is 4.74 Å². The third-order valence-corrected chi connectivity index (χ3v) is 3.23. The van der Waals surface area contributed by atoms with E-state index in [2.05, 4.69) is 24.1 Å². The Kier molecular flexibility index (Phi) is 6.22. The van der Waals surface area contributed by atoms with Gasteiger partial charge in [-0.3, -0.25) is 0 Å². The van der Waals surface area contributed by atoms with Gasteiger partial charge in [0.15, 0.2) is 0 Å². The highest BCUT2D eigenvalue weighted by atomic mass is 16.5. The van der Waals surface area contributed by atoms with Crippen molar-refractivity contribution in [3.05, 3.63) is 0 Å². The molecule has 0 saturated carbocycles. The SMILES string of the molecule is COCCNC1CCCN(C(C)C)CC1. The van der Waals surface area contributed by atoms with Gasteiger partial charge in [0.1, 0.15) is 0 Å². The fourth-order valence-electron chi connectivity index (χ4n) is 2.20. The zero-order valence-electron chi connectivity index (χ0n) is 10.5. The molecule has 1 aliphatic rings. The minimum Gasteiger partial charge on any atom is -0.383 e. The first kappa shape index (κ1) is 12.9. The van der Waals surface area contributed by atoms with Gasteiger partial charge in [0, 0.05) is 25.7 Å². The average Bonchev–Trinajstić information content (AvgIpc) is 2.44. The van der Waals surface area contributed by atoms with Gasteiger partial charge in [0.05, 0.1) is 6.61 Å². The lowest BCUT2D eigenvalue weighted by molar-refractivity contribution is 0.193. The number of ether oxygens (including phenoxy) is 1. The fraction of sp³-hybridized carbons (Fsp3) is 1.00. The fourth-order valence-corrected chi connectivity index (χ4v) is 2.20. The number of nitrogens with one attached hydrogen (secondary N) is 1. The van der Waals surface area contributed by atoms with Gasteiger partial charge in [-0.15, -0.1) is 0 Å². The molecule has 0 amide bonds. The van der Waals surface area contributed by atoms with Crippen LogP contribution in [0.25, 0.3) is 0 Å². The molecule has 0 aromatic carbocycles. The van der Waals surface area contributed by atoms with Crippen LogP contribution in [0.1, 0.15) is 33.1 Å². The summed E-state index contributed by atoms with van der Waals surface area (Å²) in [7, 11) is 1.76. The summed E-state index contributed by atoms with van der Waals surface area (Å²) >= 11 is 0. The lowest BCUT2D eigenvalue weighted by Crippen LogP contribution is -2.35. The van der Waals surface area contributed by atoms with E-state index in [0.29, 0.717) is 12.1 Å². The van der Waals surface area contributed by atoms with Crippen LogP contribution in [0.5, 0.6) is 0 Å². The molecule has 0 bridgehead atoms. The second kappa shape index (κ2) is 7.20. The zero-order chi connectivity index (χ0) is 11.1. The Labute approximate surface area is 94.2 Å². The average molecular weight is 214 g/mol. The summed E-state index contributed by atoms with van der Waals surface area (Å²) < 4.78 is 5.05. The minimum absolute atomic E-state index is 0.697. The Bertz CT molecular complexity index is 162. The molecule has 1 atom stereocenters. The van der Waals surface area contributed by atoms with Crippen LogP contribution in [0.15, 0.2) is 0 Å². The van der Waals surface area contributed by atoms with Crippen molar-refractivity contribution in [1.82, 2.24) is 10.2 Å². The molecule has 1 aliphatic heterocycles. The van der Waals surface area contributed by atoms with E-state index in [9.17, 15) is 0 Å². The number of methoxy groups -OCH3 is 1. The van der Waals surface area contributed by atoms with Gasteiger partial charge in [-0.05, 0) is 46.2 Å². The maximum absolute atomic E-state index is 5.05. The maximum atomic E-state index is 5.05. The van der Waals surface area contributed by atoms with E-state index in [1.54, 1.807) is 7.11 Å². The summed E-state index contributed by atoms with van der Waals surface area (Å²) in [6.45, 7) is 8.90. The van der Waals surface area contributed by atoms with Crippen molar-refractivity contribution in [3.8, 4) is 0 Å². The number of nitrogens with zero attached hydrogens (tertiary/aromatic N) is 1. The van der Waals surface area contributed by atoms with Crippen LogP contribution in [-0.2, 0) is 4.74 Å². The predicted molar refractivity (Wildman–Crippen MR) is 64.2 cm³/mol. The highest BCUT2D eigenvalue weighted by molar-refractivity contribution is 4.76. The van der Waals surface area contributed by atoms with Gasteiger partial charge in [-0.2, -0.15) is 0 Å². The molecule has 1 saturated heterocycles. The van der Waals surface area contributed by atoms with E-state index in [1.807, 2.05) is 0 Å². The van der Waals surface area contributed by atoms with Crippen molar-refractivity contribution >= 4 is 0 Å². The maximum Gasteiger partial charge on any atom is 0.0587 e. The normalized spacial score (nSPS) is 24.4. The molecule has 90 valence electrons. The Morgan fingerprint density at radius 2 is 2.13 bits per heavy atom. The molecule has 0 radical (unpaired) electrons. The van der Waals surface area contributed by atoms with Gasteiger partial charge in [-0.25, -0.2) is 0 Å². The third kappa shape index (κ3) is 4.96. The highest BCUT2D eigenvalue weighted by Gasteiger charge is 2.17. The predicted octanol–water partition coefficient (Wildman–Crippen LogP) is 1.49. The molecule has 1 rings (SSSR count). The summed E-state index contributed by atoms with van der Waals surface area (Å²) in [4.78, 5) is 2.58. The largest absolute Gasteiger partial charge is 0.383 e. The standard InChI is InChI=1S/C12H26N2O/c1-11(2)14-8-4-5-12(6-9-14)13-7-10-15-3/h11-13H,4-10H2,1-3H3. The third-order valence-electron chi connectivity index (χ3n) is 3.23. The summed E-state index contributed by atoms with van der Waals surface area (Å²) in [6.07, 6.45) is 3.91. The van der Waals surface area contributed by atoms with E-state index in [-0.39, 0.29) is 0 Å². The molecule has 1 unspecified atom stereocenters. The summed E-state index contributed by atoms with van der Waals surface area (Å²) in [5.41, 5.74) is 0. The van der Waals surface area contributed by atoms with Gasteiger partial charge >= 0.3 is 0 Å². The van der Waals surface area contributed by atoms with E-state index in [0.717, 1.165) is 13.2 Å². The molecule has 15 heavy (non-hydrogen) atoms. The highest BCUT2D eigenvalue weighted by Crippen LogP contribution is 2.12. The molecule has 3 heteroatoms. The Morgan fingerprint density at radius 3 is 2.80 bits per heavy atom. The van der Waals surface area contributed by atoms with Gasteiger partial charge < -0.3 is 15.0 Å². The van der Waals surface area contributed by atoms with Crippen molar-refractivity contribution in [3.63, 3.8) is 0 Å². The van der Waals surface area contributed by atoms with E-state index in [1.165, 1.54) is 32.4 Å². The van der Waals surface area contributed by atoms with Crippen LogP contribution in [-0.4, -0.2) is 50.3 Å². The van der Waals surface area contributed by atoms with Crippen molar-refractivity contribution in [1.29, 1.82) is 0 Å². The molecule has 1 N–H and O–H groups in total. The lowest BCUT2D eigenvalue weighted by Gasteiger charge is -2.24. The zero-order valence-corrected chi connectivity index (χ0v) is 10.5.